The van der Waals surface area contributed by atoms with Gasteiger partial charge in [0.2, 0.25) is 0 Å². The molecule has 0 aliphatic heterocycles. The summed E-state index contributed by atoms with van der Waals surface area (Å²) < 4.78 is 1.63. The number of amides is 1. The molecule has 1 amide bonds. The zero-order valence-electron chi connectivity index (χ0n) is 15.3. The Balaban J connectivity index is 1.71. The van der Waals surface area contributed by atoms with Crippen molar-refractivity contribution in [1.29, 1.82) is 0 Å². The van der Waals surface area contributed by atoms with Crippen LogP contribution in [-0.4, -0.2) is 25.4 Å². The Hall–Kier alpha value is -3.81. The van der Waals surface area contributed by atoms with Crippen molar-refractivity contribution < 1.29 is 4.79 Å². The van der Waals surface area contributed by atoms with E-state index in [1.54, 1.807) is 47.9 Å². The Bertz CT molecular complexity index is 1350. The Morgan fingerprint density at radius 1 is 1.14 bits per heavy atom. The van der Waals surface area contributed by atoms with Gasteiger partial charge in [0, 0.05) is 17.8 Å². The second-order valence-corrected chi connectivity index (χ2v) is 6.37. The third-order valence-electron chi connectivity index (χ3n) is 4.59. The highest BCUT2D eigenvalue weighted by atomic mass is 16.2. The number of nitrogens with zero attached hydrogens (tertiary/aromatic N) is 3. The number of nitrogens with one attached hydrogen (secondary N) is 2. The summed E-state index contributed by atoms with van der Waals surface area (Å²) in [4.78, 5) is 47.7. The van der Waals surface area contributed by atoms with Crippen molar-refractivity contribution in [1.82, 2.24) is 19.5 Å². The van der Waals surface area contributed by atoms with Crippen molar-refractivity contribution in [2.75, 3.05) is 5.32 Å². The fourth-order valence-corrected chi connectivity index (χ4v) is 3.18. The predicted molar refractivity (Wildman–Crippen MR) is 107 cm³/mol. The molecule has 28 heavy (non-hydrogen) atoms. The van der Waals surface area contributed by atoms with Crippen LogP contribution in [0.1, 0.15) is 23.0 Å². The second kappa shape index (κ2) is 6.73. The molecule has 2 heterocycles. The van der Waals surface area contributed by atoms with Crippen LogP contribution in [0.5, 0.6) is 0 Å². The normalized spacial score (nSPS) is 11.1. The maximum atomic E-state index is 12.7. The van der Waals surface area contributed by atoms with Crippen molar-refractivity contribution in [2.45, 2.75) is 20.4 Å². The lowest BCUT2D eigenvalue weighted by Crippen LogP contribution is -2.23. The van der Waals surface area contributed by atoms with Gasteiger partial charge in [-0.1, -0.05) is 0 Å². The first-order valence-electron chi connectivity index (χ1n) is 8.78. The van der Waals surface area contributed by atoms with Crippen molar-refractivity contribution >= 4 is 33.5 Å². The van der Waals surface area contributed by atoms with Crippen molar-refractivity contribution in [3.05, 3.63) is 74.7 Å². The highest BCUT2D eigenvalue weighted by molar-refractivity contribution is 6.06. The summed E-state index contributed by atoms with van der Waals surface area (Å²) in [5, 5.41) is 3.17. The molecule has 0 radical (unpaired) electrons. The number of aromatic nitrogens is 4. The maximum absolute atomic E-state index is 12.7. The van der Waals surface area contributed by atoms with Gasteiger partial charge in [0.1, 0.15) is 5.69 Å². The third kappa shape index (κ3) is 2.94. The maximum Gasteiger partial charge on any atom is 0.272 e. The van der Waals surface area contributed by atoms with E-state index in [2.05, 4.69) is 20.3 Å². The number of rotatable bonds is 3. The molecule has 4 aromatic rings. The van der Waals surface area contributed by atoms with Crippen LogP contribution in [0, 0.1) is 6.92 Å². The highest BCUT2D eigenvalue weighted by Crippen LogP contribution is 2.17. The number of aromatic amines is 1. The Kier molecular flexibility index (Phi) is 4.23. The molecule has 8 heteroatoms. The average Bonchev–Trinajstić information content (AvgIpc) is 2.69. The topological polar surface area (TPSA) is 110 Å². The molecular formula is C20H17N5O3. The summed E-state index contributed by atoms with van der Waals surface area (Å²) in [6, 6.07) is 9.96. The summed E-state index contributed by atoms with van der Waals surface area (Å²) in [5.74, 6) is -0.338. The lowest BCUT2D eigenvalue weighted by molar-refractivity contribution is 0.102. The fraction of sp³-hybridized carbons (Fsp3) is 0.150. The Morgan fingerprint density at radius 3 is 2.75 bits per heavy atom. The summed E-state index contributed by atoms with van der Waals surface area (Å²) in [6.45, 7) is 4.06. The van der Waals surface area contributed by atoms with Gasteiger partial charge in [-0.05, 0) is 50.2 Å². The minimum Gasteiger partial charge on any atom is -0.322 e. The molecule has 0 aliphatic carbocycles. The largest absolute Gasteiger partial charge is 0.322 e. The van der Waals surface area contributed by atoms with E-state index in [0.29, 0.717) is 45.4 Å². The number of anilines is 1. The molecule has 0 fully saturated rings. The molecule has 140 valence electrons. The molecule has 2 aromatic carbocycles. The van der Waals surface area contributed by atoms with E-state index in [4.69, 9.17) is 0 Å². The smallest absolute Gasteiger partial charge is 0.272 e. The van der Waals surface area contributed by atoms with Crippen LogP contribution in [0.4, 0.5) is 5.69 Å². The van der Waals surface area contributed by atoms with E-state index in [1.165, 1.54) is 6.33 Å². The van der Waals surface area contributed by atoms with E-state index in [1.807, 2.05) is 6.92 Å². The molecule has 2 N–H and O–H groups in total. The molecule has 4 rings (SSSR count). The number of hydrogen-bond acceptors (Lipinski definition) is 5. The van der Waals surface area contributed by atoms with Gasteiger partial charge in [-0.3, -0.25) is 14.4 Å². The molecule has 0 aliphatic rings. The Labute approximate surface area is 158 Å². The van der Waals surface area contributed by atoms with E-state index in [0.717, 1.165) is 0 Å². The van der Waals surface area contributed by atoms with E-state index in [9.17, 15) is 14.4 Å². The molecule has 0 bridgehead atoms. The molecule has 0 atom stereocenters. The minimum absolute atomic E-state index is 0.137. The SMILES string of the molecule is CCn1c(=O)c(C)nc2cc(C(=O)Nc3ccc4nc[nH]c(=O)c4c3)ccc21. The minimum atomic E-state index is -0.338. The molecule has 8 nitrogen and oxygen atoms in total. The van der Waals surface area contributed by atoms with Crippen LogP contribution in [0.3, 0.4) is 0 Å². The quantitative estimate of drug-likeness (QED) is 0.570. The zero-order chi connectivity index (χ0) is 19.8. The first-order chi connectivity index (χ1) is 13.5. The van der Waals surface area contributed by atoms with Crippen molar-refractivity contribution in [2.24, 2.45) is 0 Å². The van der Waals surface area contributed by atoms with Gasteiger partial charge in [0.25, 0.3) is 17.0 Å². The molecule has 0 saturated carbocycles. The molecular weight excluding hydrogens is 358 g/mol. The first-order valence-corrected chi connectivity index (χ1v) is 8.78. The summed E-state index contributed by atoms with van der Waals surface area (Å²) >= 11 is 0. The van der Waals surface area contributed by atoms with Crippen LogP contribution in [-0.2, 0) is 6.54 Å². The third-order valence-corrected chi connectivity index (χ3v) is 4.59. The average molecular weight is 375 g/mol. The number of benzene rings is 2. The molecule has 2 aromatic heterocycles. The number of H-pyrrole nitrogens is 1. The van der Waals surface area contributed by atoms with Gasteiger partial charge >= 0.3 is 0 Å². The lowest BCUT2D eigenvalue weighted by Gasteiger charge is -2.10. The molecule has 0 spiro atoms. The van der Waals surface area contributed by atoms with Crippen LogP contribution < -0.4 is 16.4 Å². The van der Waals surface area contributed by atoms with Crippen molar-refractivity contribution in [3.8, 4) is 0 Å². The van der Waals surface area contributed by atoms with E-state index < -0.39 is 0 Å². The van der Waals surface area contributed by atoms with Gasteiger partial charge in [-0.15, -0.1) is 0 Å². The second-order valence-electron chi connectivity index (χ2n) is 6.37. The van der Waals surface area contributed by atoms with Crippen molar-refractivity contribution in [3.63, 3.8) is 0 Å². The number of carbonyl (C=O) groups excluding carboxylic acids is 1. The molecule has 0 unspecified atom stereocenters. The van der Waals surface area contributed by atoms with Crippen LogP contribution >= 0.6 is 0 Å². The fourth-order valence-electron chi connectivity index (χ4n) is 3.18. The molecule has 0 saturated heterocycles. The van der Waals surface area contributed by atoms with Gasteiger partial charge in [-0.2, -0.15) is 0 Å². The van der Waals surface area contributed by atoms with Crippen LogP contribution in [0.15, 0.2) is 52.3 Å². The lowest BCUT2D eigenvalue weighted by atomic mass is 10.1. The first kappa shape index (κ1) is 17.6. The summed E-state index contributed by atoms with van der Waals surface area (Å²) in [5.41, 5.74) is 2.66. The Morgan fingerprint density at radius 2 is 1.96 bits per heavy atom. The number of hydrogen-bond donors (Lipinski definition) is 2. The van der Waals surface area contributed by atoms with Gasteiger partial charge in [0.05, 0.1) is 28.3 Å². The zero-order valence-corrected chi connectivity index (χ0v) is 15.3. The van der Waals surface area contributed by atoms with Gasteiger partial charge in [-0.25, -0.2) is 9.97 Å². The summed E-state index contributed by atoms with van der Waals surface area (Å²) in [7, 11) is 0. The highest BCUT2D eigenvalue weighted by Gasteiger charge is 2.12. The summed E-state index contributed by atoms with van der Waals surface area (Å²) in [6.07, 6.45) is 1.34. The van der Waals surface area contributed by atoms with Crippen LogP contribution in [0.25, 0.3) is 21.9 Å². The standard InChI is InChI=1S/C20H17N5O3/c1-3-25-17-7-4-12(8-16(17)23-11(2)20(25)28)18(26)24-13-5-6-15-14(9-13)19(27)22-10-21-15/h4-10H,3H2,1-2H3,(H,24,26)(H,21,22,27). The van der Waals surface area contributed by atoms with E-state index in [-0.39, 0.29) is 17.0 Å². The number of fused-ring (bicyclic) bond motifs is 2. The van der Waals surface area contributed by atoms with Gasteiger partial charge < -0.3 is 14.9 Å². The van der Waals surface area contributed by atoms with Gasteiger partial charge in [0.15, 0.2) is 0 Å². The number of aryl methyl sites for hydroxylation is 2. The number of carbonyl (C=O) groups is 1. The monoisotopic (exact) mass is 375 g/mol. The predicted octanol–water partition coefficient (Wildman–Crippen LogP) is 2.21. The van der Waals surface area contributed by atoms with Crippen LogP contribution in [0.2, 0.25) is 0 Å². The van der Waals surface area contributed by atoms with E-state index >= 15 is 0 Å².